The number of hydrogen-bond acceptors (Lipinski definition) is 24. The maximum Gasteiger partial charge on any atom is 0.187 e. The van der Waals surface area contributed by atoms with Gasteiger partial charge in [-0.1, -0.05) is 27.7 Å². The summed E-state index contributed by atoms with van der Waals surface area (Å²) in [5.41, 5.74) is -0.565. The Morgan fingerprint density at radius 3 is 1.93 bits per heavy atom. The maximum absolute atomic E-state index is 14.5. The Labute approximate surface area is 429 Å². The largest absolute Gasteiger partial charge is 0.394 e. The second-order valence-electron chi connectivity index (χ2n) is 23.8. The molecule has 0 amide bonds. The molecule has 74 heavy (non-hydrogen) atoms. The molecule has 0 radical (unpaired) electrons. The molecular formula is C50H82O24. The van der Waals surface area contributed by atoms with Crippen LogP contribution < -0.4 is 0 Å². The molecule has 5 heterocycles. The number of carbonyl (C=O) groups is 1. The topological polar surface area (TPSA) is 383 Å². The van der Waals surface area contributed by atoms with Gasteiger partial charge in [0.1, 0.15) is 97.3 Å². The van der Waals surface area contributed by atoms with E-state index in [-0.39, 0.29) is 77.4 Å². The summed E-state index contributed by atoms with van der Waals surface area (Å²) in [6.07, 6.45) is -25.3. The number of rotatable bonds is 15. The highest BCUT2D eigenvalue weighted by Crippen LogP contribution is 2.70. The molecule has 24 heteroatoms. The average molecular weight is 1070 g/mol. The fourth-order valence-corrected chi connectivity index (χ4v) is 15.1. The Morgan fingerprint density at radius 1 is 0.662 bits per heavy atom. The lowest BCUT2D eigenvalue weighted by molar-refractivity contribution is -0.369. The van der Waals surface area contributed by atoms with Crippen molar-refractivity contribution >= 4 is 5.78 Å². The van der Waals surface area contributed by atoms with Crippen molar-refractivity contribution in [1.29, 1.82) is 0 Å². The first-order chi connectivity index (χ1) is 35.0. The Morgan fingerprint density at radius 2 is 1.26 bits per heavy atom. The van der Waals surface area contributed by atoms with Gasteiger partial charge in [-0.15, -0.1) is 0 Å². The van der Waals surface area contributed by atoms with E-state index < -0.39 is 148 Å². The molecule has 0 bridgehead atoms. The van der Waals surface area contributed by atoms with E-state index in [1.807, 2.05) is 13.8 Å². The molecule has 1 unspecified atom stereocenters. The lowest BCUT2D eigenvalue weighted by Gasteiger charge is -2.60. The first-order valence-electron chi connectivity index (χ1n) is 26.7. The van der Waals surface area contributed by atoms with Crippen LogP contribution in [0.3, 0.4) is 0 Å². The molecule has 0 aromatic heterocycles. The van der Waals surface area contributed by atoms with Crippen LogP contribution in [0.5, 0.6) is 0 Å². The van der Waals surface area contributed by atoms with Gasteiger partial charge in [-0.25, -0.2) is 0 Å². The van der Waals surface area contributed by atoms with Gasteiger partial charge in [0.2, 0.25) is 0 Å². The molecule has 4 saturated carbocycles. The van der Waals surface area contributed by atoms with Crippen LogP contribution >= 0.6 is 0 Å². The van der Waals surface area contributed by atoms with Gasteiger partial charge in [0.25, 0.3) is 0 Å². The summed E-state index contributed by atoms with van der Waals surface area (Å²) in [5, 5.41) is 148. The van der Waals surface area contributed by atoms with Crippen molar-refractivity contribution in [3.63, 3.8) is 0 Å². The lowest BCUT2D eigenvalue weighted by Crippen LogP contribution is -2.65. The highest BCUT2D eigenvalue weighted by Gasteiger charge is 2.69. The second-order valence-corrected chi connectivity index (χ2v) is 23.8. The minimum Gasteiger partial charge on any atom is -0.394 e. The molecule has 5 saturated heterocycles. The monoisotopic (exact) mass is 1070 g/mol. The Balaban J connectivity index is 0.820. The van der Waals surface area contributed by atoms with Crippen molar-refractivity contribution < 1.29 is 119 Å². The molecule has 9 aliphatic rings. The third-order valence-electron chi connectivity index (χ3n) is 19.5. The third kappa shape index (κ3) is 10.3. The van der Waals surface area contributed by atoms with Crippen LogP contribution in [0.4, 0.5) is 0 Å². The van der Waals surface area contributed by atoms with Crippen molar-refractivity contribution in [2.24, 2.45) is 52.3 Å². The molecule has 426 valence electrons. The Bertz CT molecular complexity index is 1900. The van der Waals surface area contributed by atoms with Crippen molar-refractivity contribution in [2.45, 2.75) is 220 Å². The van der Waals surface area contributed by atoms with Gasteiger partial charge in [0.15, 0.2) is 30.9 Å². The van der Waals surface area contributed by atoms with Crippen LogP contribution in [0, 0.1) is 52.3 Å². The SMILES string of the molecule is C[C@H](CCC1(O)O[C@H]2C[C@H]3[C@@H]4CC(=O)[C@H]5C[C@@H](O[C@@H]6O[C@H](CO[C@@H]7OC[C@H](O)[C@H](O)[C@H]7O)[C@@H](O[C@@H]7O[C@H](CO)[C@@H](O)[C@H](O)[C@H]7O)[C@H](O)[C@H]6O)CC[C@]5(C)[C@H]4CC[C@]3(C)[C@H]2[C@@H]1C)CO[C@@H]1O[C@H](CO)[C@@H](O)[C@H](O)[C@H]1O. The zero-order chi connectivity index (χ0) is 53.5. The number of carbonyl (C=O) groups excluding carboxylic acids is 1. The highest BCUT2D eigenvalue weighted by molar-refractivity contribution is 5.83. The molecule has 0 aromatic carbocycles. The summed E-state index contributed by atoms with van der Waals surface area (Å²) in [6.45, 7) is 6.34. The molecule has 9 fully saturated rings. The average Bonchev–Trinajstić information content (AvgIpc) is 3.81. The van der Waals surface area contributed by atoms with Gasteiger partial charge < -0.3 is 114 Å². The number of aliphatic hydroxyl groups excluding tert-OH is 13. The summed E-state index contributed by atoms with van der Waals surface area (Å²) in [7, 11) is 0. The van der Waals surface area contributed by atoms with Gasteiger partial charge >= 0.3 is 0 Å². The smallest absolute Gasteiger partial charge is 0.187 e. The molecule has 4 aliphatic carbocycles. The van der Waals surface area contributed by atoms with E-state index in [1.54, 1.807) is 0 Å². The van der Waals surface area contributed by atoms with Gasteiger partial charge in [0.05, 0.1) is 45.2 Å². The van der Waals surface area contributed by atoms with Crippen molar-refractivity contribution in [1.82, 2.24) is 0 Å². The lowest BCUT2D eigenvalue weighted by atomic mass is 9.44. The zero-order valence-electron chi connectivity index (χ0n) is 42.4. The summed E-state index contributed by atoms with van der Waals surface area (Å²) < 4.78 is 53.1. The number of aliphatic hydroxyl groups is 14. The molecule has 31 atom stereocenters. The number of hydrogen-bond donors (Lipinski definition) is 14. The highest BCUT2D eigenvalue weighted by atomic mass is 16.8. The second kappa shape index (κ2) is 22.4. The summed E-state index contributed by atoms with van der Waals surface area (Å²) >= 11 is 0. The van der Waals surface area contributed by atoms with Crippen molar-refractivity contribution in [3.8, 4) is 0 Å². The maximum atomic E-state index is 14.5. The molecule has 0 spiro atoms. The predicted octanol–water partition coefficient (Wildman–Crippen LogP) is -4.14. The number of ketones is 1. The van der Waals surface area contributed by atoms with E-state index in [0.717, 1.165) is 12.8 Å². The van der Waals surface area contributed by atoms with Crippen LogP contribution in [0.15, 0.2) is 0 Å². The number of fused-ring (bicyclic) bond motifs is 7. The minimum atomic E-state index is -1.88. The van der Waals surface area contributed by atoms with E-state index >= 15 is 0 Å². The molecule has 5 aliphatic heterocycles. The standard InChI is InChI=1S/C50H82O24/c1-19(16-66-45-40(62)36(58)34(56)29(14-51)70-45)5-10-50(65)20(2)32-28(74-50)13-24-22-12-26(53)25-11-21(6-8-48(25,3)23(22)7-9-49(24,32)4)69-46-42(64)38(60)43(73-47-41(63)37(59)35(57)30(15-52)71-47)31(72-46)18-68-44-39(61)33(55)27(54)17-67-44/h19-25,27-47,51-52,54-65H,5-18H2,1-4H3/t19-,20+,21+,22-,23+,24+,25-,27+,28+,29-,30-,31-,32+,33+,34-,35-,36+,37+,38-,39-,40-,41-,42-,43-,44+,45-,46-,47+,48-,49+,50?/m1/s1. The van der Waals surface area contributed by atoms with Crippen LogP contribution in [0.2, 0.25) is 0 Å². The molecule has 0 aromatic rings. The van der Waals surface area contributed by atoms with Gasteiger partial charge in [-0.05, 0) is 85.4 Å². The quantitative estimate of drug-likeness (QED) is 0.0693. The van der Waals surface area contributed by atoms with E-state index in [0.29, 0.717) is 44.9 Å². The van der Waals surface area contributed by atoms with E-state index in [9.17, 15) is 76.3 Å². The predicted molar refractivity (Wildman–Crippen MR) is 246 cm³/mol. The van der Waals surface area contributed by atoms with Crippen LogP contribution in [-0.4, -0.2) is 245 Å². The molecule has 24 nitrogen and oxygen atoms in total. The van der Waals surface area contributed by atoms with Gasteiger partial charge in [-0.3, -0.25) is 4.79 Å². The fourth-order valence-electron chi connectivity index (χ4n) is 15.1. The summed E-state index contributed by atoms with van der Waals surface area (Å²) in [5.74, 6) is -1.41. The number of ether oxygens (including phenoxy) is 9. The summed E-state index contributed by atoms with van der Waals surface area (Å²) in [4.78, 5) is 14.5. The third-order valence-corrected chi connectivity index (χ3v) is 19.5. The van der Waals surface area contributed by atoms with Gasteiger partial charge in [0, 0.05) is 24.7 Å². The molecule has 9 rings (SSSR count). The zero-order valence-corrected chi connectivity index (χ0v) is 42.4. The minimum absolute atomic E-state index is 0.0531. The van der Waals surface area contributed by atoms with Crippen LogP contribution in [0.1, 0.15) is 85.5 Å². The van der Waals surface area contributed by atoms with Crippen LogP contribution in [0.25, 0.3) is 0 Å². The normalized spacial score (nSPS) is 55.0. The van der Waals surface area contributed by atoms with Gasteiger partial charge in [-0.2, -0.15) is 0 Å². The Hall–Kier alpha value is -1.25. The first kappa shape index (κ1) is 57.4. The van der Waals surface area contributed by atoms with Crippen molar-refractivity contribution in [3.05, 3.63) is 0 Å². The number of Topliss-reactive ketones (excluding diaryl/α,β-unsaturated/α-hetero) is 1. The molecular weight excluding hydrogens is 985 g/mol. The van der Waals surface area contributed by atoms with Crippen LogP contribution in [-0.2, 0) is 47.4 Å². The molecule has 14 N–H and O–H groups in total. The Kier molecular flexibility index (Phi) is 17.4. The first-order valence-corrected chi connectivity index (χ1v) is 26.7. The van der Waals surface area contributed by atoms with E-state index in [4.69, 9.17) is 42.6 Å². The van der Waals surface area contributed by atoms with E-state index in [1.165, 1.54) is 0 Å². The van der Waals surface area contributed by atoms with E-state index in [2.05, 4.69) is 13.8 Å². The summed E-state index contributed by atoms with van der Waals surface area (Å²) in [6, 6.07) is 0. The van der Waals surface area contributed by atoms with Crippen molar-refractivity contribution in [2.75, 3.05) is 33.0 Å². The fraction of sp³-hybridized carbons (Fsp3) is 0.980.